The number of halogens is 1. The number of anilines is 1. The molecule has 30 heavy (non-hydrogen) atoms. The summed E-state index contributed by atoms with van der Waals surface area (Å²) in [6.07, 6.45) is 4.16. The van der Waals surface area contributed by atoms with Crippen LogP contribution in [0.2, 0.25) is 5.02 Å². The number of benzene rings is 2. The largest absolute Gasteiger partial charge is 0.366 e. The van der Waals surface area contributed by atoms with Crippen LogP contribution in [-0.2, 0) is 0 Å². The van der Waals surface area contributed by atoms with E-state index in [1.165, 1.54) is 24.9 Å². The number of aromatic amines is 2. The van der Waals surface area contributed by atoms with Crippen molar-refractivity contribution >= 4 is 39.2 Å². The lowest BCUT2D eigenvalue weighted by molar-refractivity contribution is 0.106. The molecule has 0 spiro atoms. The Morgan fingerprint density at radius 2 is 1.97 bits per heavy atom. The minimum atomic E-state index is 0.513. The third-order valence-corrected chi connectivity index (χ3v) is 7.03. The Morgan fingerprint density at radius 1 is 1.07 bits per heavy atom. The number of nitrogens with zero attached hydrogens (tertiary/aromatic N) is 4. The molecule has 0 bridgehead atoms. The van der Waals surface area contributed by atoms with Gasteiger partial charge in [-0.2, -0.15) is 5.10 Å². The lowest BCUT2D eigenvalue weighted by Gasteiger charge is -2.46. The van der Waals surface area contributed by atoms with E-state index in [-0.39, 0.29) is 0 Å². The predicted molar refractivity (Wildman–Crippen MR) is 122 cm³/mol. The summed E-state index contributed by atoms with van der Waals surface area (Å²) in [6, 6.07) is 13.6. The summed E-state index contributed by atoms with van der Waals surface area (Å²) in [5, 5.41) is 9.23. The lowest BCUT2D eigenvalue weighted by Crippen LogP contribution is -2.56. The van der Waals surface area contributed by atoms with Crippen LogP contribution in [0.15, 0.2) is 36.4 Å². The summed E-state index contributed by atoms with van der Waals surface area (Å²) in [7, 11) is 0. The molecule has 0 radical (unpaired) electrons. The number of H-pyrrole nitrogens is 2. The Labute approximate surface area is 180 Å². The molecule has 1 atom stereocenters. The van der Waals surface area contributed by atoms with Gasteiger partial charge in [0.2, 0.25) is 0 Å². The third-order valence-electron chi connectivity index (χ3n) is 6.80. The Kier molecular flexibility index (Phi) is 4.25. The van der Waals surface area contributed by atoms with Crippen molar-refractivity contribution in [3.05, 3.63) is 41.4 Å². The summed E-state index contributed by atoms with van der Waals surface area (Å²) in [4.78, 5) is 13.5. The van der Waals surface area contributed by atoms with Gasteiger partial charge in [-0.25, -0.2) is 4.98 Å². The molecule has 7 heteroatoms. The first-order chi connectivity index (χ1) is 14.7. The number of rotatable bonds is 3. The molecule has 3 heterocycles. The van der Waals surface area contributed by atoms with Crippen LogP contribution in [0, 0.1) is 0 Å². The van der Waals surface area contributed by atoms with Gasteiger partial charge >= 0.3 is 0 Å². The first-order valence-corrected chi connectivity index (χ1v) is 11.2. The van der Waals surface area contributed by atoms with Gasteiger partial charge in [0, 0.05) is 47.8 Å². The molecule has 1 saturated heterocycles. The minimum absolute atomic E-state index is 0.513. The van der Waals surface area contributed by atoms with Crippen molar-refractivity contribution in [2.75, 3.05) is 24.5 Å². The molecule has 2 N–H and O–H groups in total. The Hall–Kier alpha value is -2.57. The van der Waals surface area contributed by atoms with Gasteiger partial charge < -0.3 is 9.88 Å². The van der Waals surface area contributed by atoms with Crippen LogP contribution in [0.3, 0.4) is 0 Å². The summed E-state index contributed by atoms with van der Waals surface area (Å²) >= 11 is 6.10. The number of hydrogen-bond donors (Lipinski definition) is 2. The first kappa shape index (κ1) is 18.2. The molecule has 1 aliphatic heterocycles. The normalized spacial score (nSPS) is 20.9. The van der Waals surface area contributed by atoms with Crippen LogP contribution >= 0.6 is 11.6 Å². The van der Waals surface area contributed by atoms with Gasteiger partial charge in [0.1, 0.15) is 5.69 Å². The average Bonchev–Trinajstić information content (AvgIpc) is 3.29. The van der Waals surface area contributed by atoms with E-state index in [2.05, 4.69) is 50.1 Å². The van der Waals surface area contributed by atoms with Gasteiger partial charge in [-0.1, -0.05) is 18.0 Å². The summed E-state index contributed by atoms with van der Waals surface area (Å²) in [5.41, 5.74) is 5.00. The van der Waals surface area contributed by atoms with E-state index >= 15 is 0 Å². The standard InChI is InChI=1S/C23H25ClN6/c1-14-13-29(16-3-2-4-16)9-10-30(14)17-6-8-19-21(12-17)26-23(25-19)22-18-7-5-15(24)11-20(18)27-28-22/h5-8,11-12,14,16H,2-4,9-10,13H2,1H3,(H,25,26)(H,27,28)/t14-/m1/s1. The molecular weight excluding hydrogens is 396 g/mol. The maximum Gasteiger partial charge on any atom is 0.159 e. The SMILES string of the molecule is C[C@@H]1CN(C2CCC2)CCN1c1ccc2nc(-c3n[nH]c4cc(Cl)ccc34)[nH]c2c1. The molecule has 4 aromatic rings. The van der Waals surface area contributed by atoms with Crippen LogP contribution in [0.5, 0.6) is 0 Å². The molecule has 0 amide bonds. The molecule has 1 saturated carbocycles. The zero-order valence-corrected chi connectivity index (χ0v) is 17.8. The van der Waals surface area contributed by atoms with Crippen molar-refractivity contribution < 1.29 is 0 Å². The number of imidazole rings is 1. The molecular formula is C23H25ClN6. The lowest BCUT2D eigenvalue weighted by atomic mass is 9.90. The molecule has 1 aliphatic carbocycles. The monoisotopic (exact) mass is 420 g/mol. The number of nitrogens with one attached hydrogen (secondary N) is 2. The van der Waals surface area contributed by atoms with Gasteiger partial charge in [0.15, 0.2) is 5.82 Å². The zero-order chi connectivity index (χ0) is 20.2. The number of hydrogen-bond acceptors (Lipinski definition) is 4. The van der Waals surface area contributed by atoms with E-state index in [9.17, 15) is 0 Å². The summed E-state index contributed by atoms with van der Waals surface area (Å²) < 4.78 is 0. The number of fused-ring (bicyclic) bond motifs is 2. The van der Waals surface area contributed by atoms with Crippen molar-refractivity contribution in [3.8, 4) is 11.5 Å². The highest BCUT2D eigenvalue weighted by Crippen LogP contribution is 2.31. The van der Waals surface area contributed by atoms with Crippen LogP contribution in [0.25, 0.3) is 33.5 Å². The molecule has 2 aromatic carbocycles. The van der Waals surface area contributed by atoms with Crippen LogP contribution < -0.4 is 4.90 Å². The van der Waals surface area contributed by atoms with Crippen molar-refractivity contribution in [3.63, 3.8) is 0 Å². The predicted octanol–water partition coefficient (Wildman–Crippen LogP) is 4.82. The highest BCUT2D eigenvalue weighted by atomic mass is 35.5. The van der Waals surface area contributed by atoms with E-state index in [4.69, 9.17) is 16.6 Å². The highest BCUT2D eigenvalue weighted by molar-refractivity contribution is 6.31. The first-order valence-electron chi connectivity index (χ1n) is 10.8. The second-order valence-corrected chi connectivity index (χ2v) is 9.11. The van der Waals surface area contributed by atoms with Crippen molar-refractivity contribution in [1.29, 1.82) is 0 Å². The molecule has 2 fully saturated rings. The van der Waals surface area contributed by atoms with Gasteiger partial charge in [-0.3, -0.25) is 10.00 Å². The van der Waals surface area contributed by atoms with E-state index in [0.29, 0.717) is 11.1 Å². The van der Waals surface area contributed by atoms with Gasteiger partial charge in [-0.15, -0.1) is 0 Å². The van der Waals surface area contributed by atoms with Crippen molar-refractivity contribution in [1.82, 2.24) is 25.1 Å². The molecule has 6 rings (SSSR count). The second-order valence-electron chi connectivity index (χ2n) is 8.67. The third kappa shape index (κ3) is 2.97. The number of aromatic nitrogens is 4. The smallest absolute Gasteiger partial charge is 0.159 e. The molecule has 6 nitrogen and oxygen atoms in total. The minimum Gasteiger partial charge on any atom is -0.366 e. The van der Waals surface area contributed by atoms with E-state index in [1.807, 2.05) is 18.2 Å². The van der Waals surface area contributed by atoms with E-state index in [0.717, 1.165) is 59.1 Å². The molecule has 2 aliphatic rings. The Balaban J connectivity index is 1.30. The highest BCUT2D eigenvalue weighted by Gasteiger charge is 2.31. The van der Waals surface area contributed by atoms with Crippen molar-refractivity contribution in [2.45, 2.75) is 38.3 Å². The Bertz CT molecular complexity index is 1220. The van der Waals surface area contributed by atoms with Crippen LogP contribution in [-0.4, -0.2) is 56.8 Å². The van der Waals surface area contributed by atoms with Gasteiger partial charge in [0.25, 0.3) is 0 Å². The maximum atomic E-state index is 6.10. The van der Waals surface area contributed by atoms with Crippen molar-refractivity contribution in [2.24, 2.45) is 0 Å². The fourth-order valence-corrected chi connectivity index (χ4v) is 5.09. The van der Waals surface area contributed by atoms with E-state index < -0.39 is 0 Å². The van der Waals surface area contributed by atoms with Gasteiger partial charge in [0.05, 0.1) is 16.6 Å². The topological polar surface area (TPSA) is 63.8 Å². The fourth-order valence-electron chi connectivity index (χ4n) is 4.91. The maximum absolute atomic E-state index is 6.10. The molecule has 2 aromatic heterocycles. The summed E-state index contributed by atoms with van der Waals surface area (Å²) in [5.74, 6) is 0.776. The molecule has 154 valence electrons. The van der Waals surface area contributed by atoms with Gasteiger partial charge in [-0.05, 0) is 56.2 Å². The quantitative estimate of drug-likeness (QED) is 0.498. The van der Waals surface area contributed by atoms with Crippen LogP contribution in [0.1, 0.15) is 26.2 Å². The second kappa shape index (κ2) is 7.00. The van der Waals surface area contributed by atoms with Crippen LogP contribution in [0.4, 0.5) is 5.69 Å². The average molecular weight is 421 g/mol. The molecule has 0 unspecified atom stereocenters. The number of piperazine rings is 1. The summed E-state index contributed by atoms with van der Waals surface area (Å²) in [6.45, 7) is 5.73. The Morgan fingerprint density at radius 3 is 2.77 bits per heavy atom. The zero-order valence-electron chi connectivity index (χ0n) is 17.0. The van der Waals surface area contributed by atoms with E-state index in [1.54, 1.807) is 0 Å². The fraction of sp³-hybridized carbons (Fsp3) is 0.391.